The lowest BCUT2D eigenvalue weighted by molar-refractivity contribution is -0.134. The molecule has 4 amide bonds. The average molecular weight is 418 g/mol. The first-order valence-electron chi connectivity index (χ1n) is 10.8. The first kappa shape index (κ1) is 21.9. The Morgan fingerprint density at radius 2 is 1.73 bits per heavy atom. The predicted octanol–water partition coefficient (Wildman–Crippen LogP) is 3.46. The highest BCUT2D eigenvalue weighted by Crippen LogP contribution is 2.33. The van der Waals surface area contributed by atoms with E-state index in [2.05, 4.69) is 10.6 Å². The number of nitrogens with zero attached hydrogens (tertiary/aromatic N) is 1. The highest BCUT2D eigenvalue weighted by molar-refractivity contribution is 6.10. The predicted molar refractivity (Wildman–Crippen MR) is 113 cm³/mol. The molecule has 30 heavy (non-hydrogen) atoms. The molecule has 8 nitrogen and oxygen atoms in total. The zero-order valence-corrected chi connectivity index (χ0v) is 17.8. The van der Waals surface area contributed by atoms with Crippen LogP contribution in [0.25, 0.3) is 0 Å². The molecule has 2 aliphatic rings. The highest BCUT2D eigenvalue weighted by Gasteiger charge is 2.50. The van der Waals surface area contributed by atoms with Gasteiger partial charge >= 0.3 is 6.03 Å². The number of rotatable bonds is 7. The number of hydrogen-bond acceptors (Lipinski definition) is 5. The molecule has 1 aliphatic carbocycles. The Kier molecular flexibility index (Phi) is 7.18. The molecule has 2 fully saturated rings. The molecule has 1 aromatic rings. The van der Waals surface area contributed by atoms with Crippen LogP contribution in [0, 0.1) is 0 Å². The van der Waals surface area contributed by atoms with Gasteiger partial charge in [-0.2, -0.15) is 0 Å². The number of carbonyl (C=O) groups is 3. The summed E-state index contributed by atoms with van der Waals surface area (Å²) in [6.07, 6.45) is 6.32. The minimum atomic E-state index is -0.858. The molecule has 1 spiro atoms. The molecule has 0 unspecified atom stereocenters. The van der Waals surface area contributed by atoms with Gasteiger partial charge in [-0.3, -0.25) is 14.5 Å². The van der Waals surface area contributed by atoms with Crippen LogP contribution in [0.4, 0.5) is 10.5 Å². The van der Waals surface area contributed by atoms with Gasteiger partial charge in [-0.05, 0) is 38.8 Å². The van der Waals surface area contributed by atoms with E-state index in [1.54, 1.807) is 18.2 Å². The van der Waals surface area contributed by atoms with E-state index in [0.717, 1.165) is 37.0 Å². The van der Waals surface area contributed by atoms with E-state index in [9.17, 15) is 14.4 Å². The van der Waals surface area contributed by atoms with Crippen molar-refractivity contribution in [3.8, 4) is 11.5 Å². The van der Waals surface area contributed by atoms with Crippen molar-refractivity contribution in [2.24, 2.45) is 0 Å². The van der Waals surface area contributed by atoms with E-state index in [1.165, 1.54) is 0 Å². The van der Waals surface area contributed by atoms with Crippen molar-refractivity contribution in [1.82, 2.24) is 10.2 Å². The van der Waals surface area contributed by atoms with Crippen molar-refractivity contribution in [3.05, 3.63) is 18.2 Å². The number of amides is 4. The van der Waals surface area contributed by atoms with Crippen molar-refractivity contribution >= 4 is 23.5 Å². The van der Waals surface area contributed by atoms with Crippen molar-refractivity contribution in [2.45, 2.75) is 64.3 Å². The summed E-state index contributed by atoms with van der Waals surface area (Å²) < 4.78 is 11.1. The second-order valence-electron chi connectivity index (χ2n) is 7.74. The Balaban J connectivity index is 1.70. The monoisotopic (exact) mass is 417 g/mol. The first-order chi connectivity index (χ1) is 14.5. The third kappa shape index (κ3) is 4.86. The van der Waals surface area contributed by atoms with Gasteiger partial charge in [0.1, 0.15) is 23.6 Å². The van der Waals surface area contributed by atoms with Gasteiger partial charge in [0.15, 0.2) is 0 Å². The van der Waals surface area contributed by atoms with Crippen LogP contribution in [0.5, 0.6) is 11.5 Å². The number of nitrogens with one attached hydrogen (secondary N) is 2. The van der Waals surface area contributed by atoms with Crippen LogP contribution in [0.2, 0.25) is 0 Å². The molecular formula is C22H31N3O5. The molecule has 1 saturated carbocycles. The fourth-order valence-corrected chi connectivity index (χ4v) is 4.15. The Hall–Kier alpha value is -2.77. The molecule has 0 aromatic heterocycles. The minimum absolute atomic E-state index is 0.294. The second kappa shape index (κ2) is 9.82. The van der Waals surface area contributed by atoms with Crippen molar-refractivity contribution in [3.63, 3.8) is 0 Å². The molecule has 2 N–H and O–H groups in total. The van der Waals surface area contributed by atoms with E-state index < -0.39 is 17.5 Å². The first-order valence-corrected chi connectivity index (χ1v) is 10.8. The minimum Gasteiger partial charge on any atom is -0.494 e. The molecule has 0 bridgehead atoms. The lowest BCUT2D eigenvalue weighted by atomic mass is 9.84. The maximum atomic E-state index is 13.1. The van der Waals surface area contributed by atoms with Crippen LogP contribution >= 0.6 is 0 Å². The van der Waals surface area contributed by atoms with Gasteiger partial charge in [0, 0.05) is 6.07 Å². The van der Waals surface area contributed by atoms with Crippen molar-refractivity contribution in [2.75, 3.05) is 25.1 Å². The van der Waals surface area contributed by atoms with Crippen LogP contribution < -0.4 is 20.1 Å². The summed E-state index contributed by atoms with van der Waals surface area (Å²) in [6, 6.07) is 4.67. The highest BCUT2D eigenvalue weighted by atomic mass is 16.5. The Labute approximate surface area is 177 Å². The third-order valence-electron chi connectivity index (χ3n) is 5.59. The van der Waals surface area contributed by atoms with Gasteiger partial charge < -0.3 is 20.1 Å². The lowest BCUT2D eigenvalue weighted by Crippen LogP contribution is -2.47. The zero-order chi connectivity index (χ0) is 21.6. The molecule has 1 saturated heterocycles. The molecule has 164 valence electrons. The summed E-state index contributed by atoms with van der Waals surface area (Å²) in [5.41, 5.74) is -0.413. The molecule has 0 atom stereocenters. The van der Waals surface area contributed by atoms with E-state index in [-0.39, 0.29) is 12.5 Å². The maximum Gasteiger partial charge on any atom is 0.325 e. The van der Waals surface area contributed by atoms with Gasteiger partial charge in [-0.15, -0.1) is 0 Å². The van der Waals surface area contributed by atoms with Gasteiger partial charge in [0.05, 0.1) is 18.9 Å². The van der Waals surface area contributed by atoms with E-state index in [0.29, 0.717) is 43.2 Å². The van der Waals surface area contributed by atoms with Crippen LogP contribution in [0.3, 0.4) is 0 Å². The fourth-order valence-electron chi connectivity index (χ4n) is 4.15. The molecule has 0 radical (unpaired) electrons. The van der Waals surface area contributed by atoms with Gasteiger partial charge in [0.2, 0.25) is 5.91 Å². The molecular weight excluding hydrogens is 386 g/mol. The second-order valence-corrected chi connectivity index (χ2v) is 7.74. The molecule has 8 heteroatoms. The number of urea groups is 1. The molecule has 1 heterocycles. The molecule has 1 aliphatic heterocycles. The maximum absolute atomic E-state index is 13.1. The number of ether oxygens (including phenoxy) is 2. The number of benzene rings is 1. The molecule has 1 aromatic carbocycles. The Bertz CT molecular complexity index is 787. The molecule has 3 rings (SSSR count). The number of hydrogen-bond donors (Lipinski definition) is 2. The lowest BCUT2D eigenvalue weighted by Gasteiger charge is -2.28. The fraction of sp³-hybridized carbons (Fsp3) is 0.591. The third-order valence-corrected chi connectivity index (χ3v) is 5.59. The van der Waals surface area contributed by atoms with Crippen molar-refractivity contribution in [1.29, 1.82) is 0 Å². The van der Waals surface area contributed by atoms with Crippen LogP contribution in [0.1, 0.15) is 58.8 Å². The summed E-state index contributed by atoms with van der Waals surface area (Å²) in [5, 5.41) is 5.63. The summed E-state index contributed by atoms with van der Waals surface area (Å²) in [6.45, 7) is 4.32. The average Bonchev–Trinajstić information content (AvgIpc) is 2.92. The quantitative estimate of drug-likeness (QED) is 0.662. The van der Waals surface area contributed by atoms with Crippen molar-refractivity contribution < 1.29 is 23.9 Å². The van der Waals surface area contributed by atoms with E-state index in [1.807, 2.05) is 13.8 Å². The summed E-state index contributed by atoms with van der Waals surface area (Å²) in [4.78, 5) is 39.3. The summed E-state index contributed by atoms with van der Waals surface area (Å²) in [7, 11) is 0. The number of imide groups is 1. The van der Waals surface area contributed by atoms with Gasteiger partial charge in [-0.25, -0.2) is 4.79 Å². The van der Waals surface area contributed by atoms with Crippen LogP contribution in [-0.2, 0) is 9.59 Å². The SMILES string of the molecule is CCOc1ccc(OCC)c(NC(=O)CN2C(=O)NC3(CCCCCCC3)C2=O)c1. The zero-order valence-electron chi connectivity index (χ0n) is 17.8. The standard InChI is InChI=1S/C22H31N3O5/c1-3-29-16-10-11-18(30-4-2)17(14-16)23-19(26)15-25-20(27)22(24-21(25)28)12-8-6-5-7-9-13-22/h10-11,14H,3-9,12-13,15H2,1-2H3,(H,23,26)(H,24,28). The smallest absolute Gasteiger partial charge is 0.325 e. The normalized spacial score (nSPS) is 18.5. The summed E-state index contributed by atoms with van der Waals surface area (Å²) in [5.74, 6) is 0.344. The topological polar surface area (TPSA) is 97.0 Å². The Morgan fingerprint density at radius 3 is 2.40 bits per heavy atom. The van der Waals surface area contributed by atoms with E-state index in [4.69, 9.17) is 9.47 Å². The Morgan fingerprint density at radius 1 is 1.07 bits per heavy atom. The van der Waals surface area contributed by atoms with Gasteiger partial charge in [-0.1, -0.05) is 32.1 Å². The summed E-state index contributed by atoms with van der Waals surface area (Å²) >= 11 is 0. The van der Waals surface area contributed by atoms with Gasteiger partial charge in [0.25, 0.3) is 5.91 Å². The van der Waals surface area contributed by atoms with Crippen LogP contribution in [0.15, 0.2) is 18.2 Å². The van der Waals surface area contributed by atoms with Crippen LogP contribution in [-0.4, -0.2) is 48.0 Å². The number of anilines is 1. The van der Waals surface area contributed by atoms with E-state index >= 15 is 0 Å². The number of carbonyl (C=O) groups excluding carboxylic acids is 3. The largest absolute Gasteiger partial charge is 0.494 e.